The lowest BCUT2D eigenvalue weighted by Crippen LogP contribution is -2.43. The van der Waals surface area contributed by atoms with Gasteiger partial charge in [0.25, 0.3) is 11.8 Å². The number of likely N-dealkylation sites (tertiary alicyclic amines) is 1. The van der Waals surface area contributed by atoms with Crippen molar-refractivity contribution in [1.29, 1.82) is 0 Å². The van der Waals surface area contributed by atoms with Gasteiger partial charge in [-0.05, 0) is 56.0 Å². The van der Waals surface area contributed by atoms with Crippen molar-refractivity contribution in [2.24, 2.45) is 0 Å². The Hall–Kier alpha value is -3.22. The van der Waals surface area contributed by atoms with Crippen molar-refractivity contribution < 1.29 is 14.0 Å². The van der Waals surface area contributed by atoms with Gasteiger partial charge in [-0.2, -0.15) is 0 Å². The van der Waals surface area contributed by atoms with Crippen molar-refractivity contribution in [2.45, 2.75) is 38.6 Å². The normalized spacial score (nSPS) is 16.8. The Morgan fingerprint density at radius 3 is 2.86 bits per heavy atom. The zero-order valence-electron chi connectivity index (χ0n) is 16.3. The van der Waals surface area contributed by atoms with Gasteiger partial charge in [0.05, 0.1) is 5.52 Å². The number of rotatable bonds is 4. The molecule has 2 aromatic heterocycles. The van der Waals surface area contributed by atoms with Crippen LogP contribution in [0.3, 0.4) is 0 Å². The first-order valence-corrected chi connectivity index (χ1v) is 9.93. The van der Waals surface area contributed by atoms with E-state index in [0.717, 1.165) is 25.7 Å². The molecule has 1 fully saturated rings. The lowest BCUT2D eigenvalue weighted by molar-refractivity contribution is 0.0604. The van der Waals surface area contributed by atoms with E-state index in [1.165, 1.54) is 18.2 Å². The Morgan fingerprint density at radius 1 is 1.21 bits per heavy atom. The largest absolute Gasteiger partial charge is 0.334 e. The Kier molecular flexibility index (Phi) is 5.29. The molecule has 1 saturated heterocycles. The molecule has 7 heteroatoms. The van der Waals surface area contributed by atoms with E-state index in [1.807, 2.05) is 11.0 Å². The molecule has 3 heterocycles. The number of benzene rings is 1. The Morgan fingerprint density at radius 2 is 2.07 bits per heavy atom. The number of amides is 2. The average Bonchev–Trinajstić information content (AvgIpc) is 3.13. The molecule has 1 aliphatic heterocycles. The molecule has 29 heavy (non-hydrogen) atoms. The van der Waals surface area contributed by atoms with Crippen molar-refractivity contribution >= 4 is 23.0 Å². The van der Waals surface area contributed by atoms with Gasteiger partial charge in [-0.3, -0.25) is 14.0 Å². The summed E-state index contributed by atoms with van der Waals surface area (Å²) in [6.45, 7) is 2.79. The molecule has 3 aromatic rings. The topological polar surface area (TPSA) is 66.7 Å². The number of aromatic nitrogens is 2. The second kappa shape index (κ2) is 8.03. The first kappa shape index (κ1) is 19.1. The van der Waals surface area contributed by atoms with Crippen LogP contribution in [0, 0.1) is 5.82 Å². The van der Waals surface area contributed by atoms with Crippen molar-refractivity contribution in [1.82, 2.24) is 14.3 Å². The van der Waals surface area contributed by atoms with E-state index in [0.29, 0.717) is 17.7 Å². The quantitative estimate of drug-likeness (QED) is 0.724. The number of nitrogens with one attached hydrogen (secondary N) is 1. The molecule has 1 aliphatic rings. The summed E-state index contributed by atoms with van der Waals surface area (Å²) in [5, 5.41) is 2.66. The fourth-order valence-electron chi connectivity index (χ4n) is 3.94. The standard InChI is InChI=1S/C22H23FN4O2/c1-2-17-10-3-5-12-26(17)22(29)19-18-11-4-6-13-27(18)20(25-19)21(28)24-16-9-7-8-15(23)14-16/h4,6-9,11,13-14,17H,2-3,5,10,12H2,1H3,(H,24,28). The molecule has 1 aromatic carbocycles. The molecule has 6 nitrogen and oxygen atoms in total. The fourth-order valence-corrected chi connectivity index (χ4v) is 3.94. The Labute approximate surface area is 168 Å². The molecule has 0 spiro atoms. The van der Waals surface area contributed by atoms with Crippen LogP contribution in [0.2, 0.25) is 0 Å². The van der Waals surface area contributed by atoms with Gasteiger partial charge in [-0.15, -0.1) is 0 Å². The minimum Gasteiger partial charge on any atom is -0.334 e. The van der Waals surface area contributed by atoms with Crippen molar-refractivity contribution in [3.63, 3.8) is 0 Å². The highest BCUT2D eigenvalue weighted by Crippen LogP contribution is 2.24. The molecule has 0 saturated carbocycles. The summed E-state index contributed by atoms with van der Waals surface area (Å²) in [6.07, 6.45) is 5.67. The SMILES string of the molecule is CCC1CCCCN1C(=O)c1nc(C(=O)Nc2cccc(F)c2)n2ccccc12. The zero-order valence-corrected chi connectivity index (χ0v) is 16.3. The van der Waals surface area contributed by atoms with E-state index in [2.05, 4.69) is 17.2 Å². The van der Waals surface area contributed by atoms with E-state index < -0.39 is 11.7 Å². The molecule has 0 radical (unpaired) electrons. The first-order valence-electron chi connectivity index (χ1n) is 9.93. The third kappa shape index (κ3) is 3.72. The lowest BCUT2D eigenvalue weighted by atomic mass is 9.99. The van der Waals surface area contributed by atoms with Crippen LogP contribution in [0.1, 0.15) is 53.7 Å². The van der Waals surface area contributed by atoms with Crippen molar-refractivity contribution in [3.8, 4) is 0 Å². The number of imidazole rings is 1. The summed E-state index contributed by atoms with van der Waals surface area (Å²) in [4.78, 5) is 32.4. The minimum absolute atomic E-state index is 0.0956. The molecule has 2 amide bonds. The van der Waals surface area contributed by atoms with Crippen molar-refractivity contribution in [2.75, 3.05) is 11.9 Å². The van der Waals surface area contributed by atoms with Crippen LogP contribution < -0.4 is 5.32 Å². The second-order valence-electron chi connectivity index (χ2n) is 7.26. The van der Waals surface area contributed by atoms with Crippen LogP contribution in [0.25, 0.3) is 5.52 Å². The van der Waals surface area contributed by atoms with Gasteiger partial charge in [0.15, 0.2) is 5.69 Å². The van der Waals surface area contributed by atoms with E-state index in [4.69, 9.17) is 0 Å². The average molecular weight is 394 g/mol. The van der Waals surface area contributed by atoms with Crippen molar-refractivity contribution in [3.05, 3.63) is 66.0 Å². The monoisotopic (exact) mass is 394 g/mol. The minimum atomic E-state index is -0.499. The van der Waals surface area contributed by atoms with Gasteiger partial charge in [0.1, 0.15) is 5.82 Å². The number of halogens is 1. The summed E-state index contributed by atoms with van der Waals surface area (Å²) >= 11 is 0. The Balaban J connectivity index is 1.69. The second-order valence-corrected chi connectivity index (χ2v) is 7.26. The number of fused-ring (bicyclic) bond motifs is 1. The zero-order chi connectivity index (χ0) is 20.4. The molecular weight excluding hydrogens is 371 g/mol. The molecule has 4 rings (SSSR count). The third-order valence-electron chi connectivity index (χ3n) is 5.40. The number of nitrogens with zero attached hydrogens (tertiary/aromatic N) is 3. The predicted octanol–water partition coefficient (Wildman–Crippen LogP) is 4.13. The number of carbonyl (C=O) groups is 2. The molecule has 1 atom stereocenters. The summed E-state index contributed by atoms with van der Waals surface area (Å²) in [5.41, 5.74) is 1.19. The van der Waals surface area contributed by atoms with Crippen LogP contribution in [-0.2, 0) is 0 Å². The van der Waals surface area contributed by atoms with Gasteiger partial charge < -0.3 is 10.2 Å². The summed E-state index contributed by atoms with van der Waals surface area (Å²) in [5.74, 6) is -0.993. The highest BCUT2D eigenvalue weighted by atomic mass is 19.1. The van der Waals surface area contributed by atoms with E-state index >= 15 is 0 Å². The molecular formula is C22H23FN4O2. The van der Waals surface area contributed by atoms with Gasteiger partial charge in [-0.25, -0.2) is 9.37 Å². The Bertz CT molecular complexity index is 1060. The van der Waals surface area contributed by atoms with Gasteiger partial charge in [-0.1, -0.05) is 19.1 Å². The van der Waals surface area contributed by atoms with Crippen LogP contribution in [0.15, 0.2) is 48.7 Å². The van der Waals surface area contributed by atoms with E-state index in [-0.39, 0.29) is 23.5 Å². The number of piperidine rings is 1. The number of hydrogen-bond acceptors (Lipinski definition) is 3. The third-order valence-corrected chi connectivity index (χ3v) is 5.40. The number of anilines is 1. The smallest absolute Gasteiger partial charge is 0.292 e. The molecule has 1 unspecified atom stereocenters. The lowest BCUT2D eigenvalue weighted by Gasteiger charge is -2.34. The highest BCUT2D eigenvalue weighted by Gasteiger charge is 2.30. The molecule has 1 N–H and O–H groups in total. The maximum absolute atomic E-state index is 13.4. The highest BCUT2D eigenvalue weighted by molar-refractivity contribution is 6.06. The van der Waals surface area contributed by atoms with E-state index in [9.17, 15) is 14.0 Å². The van der Waals surface area contributed by atoms with Crippen LogP contribution in [-0.4, -0.2) is 38.7 Å². The van der Waals surface area contributed by atoms with E-state index in [1.54, 1.807) is 28.8 Å². The fraction of sp³-hybridized carbons (Fsp3) is 0.318. The summed E-state index contributed by atoms with van der Waals surface area (Å²) in [6, 6.07) is 11.2. The number of pyridine rings is 1. The summed E-state index contributed by atoms with van der Waals surface area (Å²) < 4.78 is 15.0. The molecule has 0 aliphatic carbocycles. The summed E-state index contributed by atoms with van der Waals surface area (Å²) in [7, 11) is 0. The predicted molar refractivity (Wildman–Crippen MR) is 109 cm³/mol. The van der Waals surface area contributed by atoms with Gasteiger partial charge in [0, 0.05) is 24.5 Å². The van der Waals surface area contributed by atoms with Crippen LogP contribution in [0.4, 0.5) is 10.1 Å². The first-order chi connectivity index (χ1) is 14.1. The van der Waals surface area contributed by atoms with Gasteiger partial charge in [0.2, 0.25) is 5.82 Å². The van der Waals surface area contributed by atoms with Crippen LogP contribution in [0.5, 0.6) is 0 Å². The molecule has 0 bridgehead atoms. The number of hydrogen-bond donors (Lipinski definition) is 1. The molecule has 150 valence electrons. The maximum atomic E-state index is 13.4. The van der Waals surface area contributed by atoms with Crippen LogP contribution >= 0.6 is 0 Å². The number of carbonyl (C=O) groups excluding carboxylic acids is 2. The van der Waals surface area contributed by atoms with Gasteiger partial charge >= 0.3 is 0 Å². The maximum Gasteiger partial charge on any atom is 0.292 e.